The number of carboxylic acid groups (broad SMARTS) is 1. The SMILES string of the molecule is CCC1=C(Cl)N=C(C(=O)N[C@@H]2CCN(c3nc(C4(C(=O)O)CC4)cs3)C[C@@H]2OC)C1. The van der Waals surface area contributed by atoms with Gasteiger partial charge in [0.2, 0.25) is 0 Å². The van der Waals surface area contributed by atoms with E-state index >= 15 is 0 Å². The van der Waals surface area contributed by atoms with Crippen molar-refractivity contribution in [1.82, 2.24) is 10.3 Å². The summed E-state index contributed by atoms with van der Waals surface area (Å²) < 4.78 is 5.66. The number of aliphatic imine (C=N–C) groups is 1. The predicted molar refractivity (Wildman–Crippen MR) is 115 cm³/mol. The molecule has 3 aliphatic rings. The van der Waals surface area contributed by atoms with Gasteiger partial charge in [-0.1, -0.05) is 18.5 Å². The van der Waals surface area contributed by atoms with Gasteiger partial charge < -0.3 is 20.1 Å². The molecule has 162 valence electrons. The number of aromatic nitrogens is 1. The van der Waals surface area contributed by atoms with Crippen molar-refractivity contribution in [3.63, 3.8) is 0 Å². The van der Waals surface area contributed by atoms with Gasteiger partial charge >= 0.3 is 5.97 Å². The quantitative estimate of drug-likeness (QED) is 0.616. The van der Waals surface area contributed by atoms with Gasteiger partial charge in [0.25, 0.3) is 5.91 Å². The topological polar surface area (TPSA) is 104 Å². The molecule has 2 N–H and O–H groups in total. The normalized spacial score (nSPS) is 25.3. The average Bonchev–Trinajstić information content (AvgIpc) is 3.24. The maximum atomic E-state index is 12.7. The number of carboxylic acids is 1. The van der Waals surface area contributed by atoms with Crippen LogP contribution in [0.4, 0.5) is 5.13 Å². The minimum Gasteiger partial charge on any atom is -0.481 e. The van der Waals surface area contributed by atoms with E-state index in [9.17, 15) is 14.7 Å². The molecule has 1 amide bonds. The van der Waals surface area contributed by atoms with Gasteiger partial charge in [-0.05, 0) is 31.3 Å². The molecule has 1 saturated carbocycles. The van der Waals surface area contributed by atoms with E-state index in [0.29, 0.717) is 55.3 Å². The van der Waals surface area contributed by atoms with Crippen LogP contribution < -0.4 is 10.2 Å². The first kappa shape index (κ1) is 21.3. The van der Waals surface area contributed by atoms with E-state index < -0.39 is 11.4 Å². The van der Waals surface area contributed by atoms with Crippen LogP contribution in [-0.4, -0.2) is 60.0 Å². The number of nitrogens with zero attached hydrogens (tertiary/aromatic N) is 3. The van der Waals surface area contributed by atoms with Gasteiger partial charge in [0.1, 0.15) is 16.3 Å². The summed E-state index contributed by atoms with van der Waals surface area (Å²) in [5, 5.41) is 15.6. The van der Waals surface area contributed by atoms with Crippen molar-refractivity contribution in [3.8, 4) is 0 Å². The number of carbonyl (C=O) groups is 2. The first-order valence-electron chi connectivity index (χ1n) is 10.1. The fourth-order valence-electron chi connectivity index (χ4n) is 3.99. The zero-order valence-electron chi connectivity index (χ0n) is 17.0. The van der Waals surface area contributed by atoms with Crippen LogP contribution in [0, 0.1) is 0 Å². The van der Waals surface area contributed by atoms with Crippen LogP contribution in [0.2, 0.25) is 0 Å². The summed E-state index contributed by atoms with van der Waals surface area (Å²) in [6, 6.07) is -0.140. The number of anilines is 1. The monoisotopic (exact) mass is 452 g/mol. The van der Waals surface area contributed by atoms with Gasteiger partial charge in [-0.25, -0.2) is 9.98 Å². The molecule has 1 saturated heterocycles. The fourth-order valence-corrected chi connectivity index (χ4v) is 5.26. The summed E-state index contributed by atoms with van der Waals surface area (Å²) in [7, 11) is 1.63. The van der Waals surface area contributed by atoms with Crippen LogP contribution >= 0.6 is 22.9 Å². The second-order valence-corrected chi connectivity index (χ2v) is 9.17. The Balaban J connectivity index is 1.38. The summed E-state index contributed by atoms with van der Waals surface area (Å²) in [6.45, 7) is 3.26. The number of thiazole rings is 1. The Bertz CT molecular complexity index is 924. The van der Waals surface area contributed by atoms with Crippen molar-refractivity contribution in [2.75, 3.05) is 25.1 Å². The number of piperidine rings is 1. The minimum absolute atomic E-state index is 0.140. The van der Waals surface area contributed by atoms with Gasteiger partial charge in [-0.15, -0.1) is 11.3 Å². The lowest BCUT2D eigenvalue weighted by Gasteiger charge is -2.38. The fraction of sp³-hybridized carbons (Fsp3) is 0.600. The molecule has 4 rings (SSSR count). The molecule has 8 nitrogen and oxygen atoms in total. The van der Waals surface area contributed by atoms with Crippen LogP contribution in [0.3, 0.4) is 0 Å². The summed E-state index contributed by atoms with van der Waals surface area (Å²) >= 11 is 7.56. The molecule has 2 fully saturated rings. The van der Waals surface area contributed by atoms with Crippen molar-refractivity contribution >= 4 is 45.7 Å². The molecular formula is C20H25ClN4O4S. The summed E-state index contributed by atoms with van der Waals surface area (Å²) in [4.78, 5) is 35.1. The van der Waals surface area contributed by atoms with E-state index in [4.69, 9.17) is 16.3 Å². The van der Waals surface area contributed by atoms with Crippen molar-refractivity contribution in [2.45, 2.75) is 56.6 Å². The van der Waals surface area contributed by atoms with Crippen LogP contribution in [0.5, 0.6) is 0 Å². The highest BCUT2D eigenvalue weighted by molar-refractivity contribution is 7.13. The molecule has 0 unspecified atom stereocenters. The number of allylic oxidation sites excluding steroid dienone is 1. The summed E-state index contributed by atoms with van der Waals surface area (Å²) in [6.07, 6.45) is 3.03. The second kappa shape index (κ2) is 8.28. The molecule has 1 aliphatic carbocycles. The molecule has 0 aromatic carbocycles. The Labute approximate surface area is 184 Å². The Morgan fingerprint density at radius 2 is 2.23 bits per heavy atom. The summed E-state index contributed by atoms with van der Waals surface area (Å²) in [5.41, 5.74) is 1.28. The lowest BCUT2D eigenvalue weighted by Crippen LogP contribution is -2.55. The molecule has 3 heterocycles. The van der Waals surface area contributed by atoms with E-state index in [-0.39, 0.29) is 18.1 Å². The molecule has 10 heteroatoms. The number of halogens is 1. The highest BCUT2D eigenvalue weighted by atomic mass is 35.5. The molecule has 30 heavy (non-hydrogen) atoms. The van der Waals surface area contributed by atoms with Crippen molar-refractivity contribution < 1.29 is 19.4 Å². The molecule has 0 radical (unpaired) electrons. The van der Waals surface area contributed by atoms with E-state index in [2.05, 4.69) is 20.2 Å². The number of carbonyl (C=O) groups excluding carboxylic acids is 1. The first-order valence-corrected chi connectivity index (χ1v) is 11.4. The van der Waals surface area contributed by atoms with Gasteiger partial charge in [0.15, 0.2) is 5.13 Å². The van der Waals surface area contributed by atoms with Crippen LogP contribution in [-0.2, 0) is 19.7 Å². The van der Waals surface area contributed by atoms with Gasteiger partial charge in [-0.2, -0.15) is 0 Å². The van der Waals surface area contributed by atoms with Crippen molar-refractivity contribution in [1.29, 1.82) is 0 Å². The van der Waals surface area contributed by atoms with Gasteiger partial charge in [-0.3, -0.25) is 9.59 Å². The number of hydrogen-bond donors (Lipinski definition) is 2. The molecule has 0 spiro atoms. The number of amides is 1. The third kappa shape index (κ3) is 3.86. The molecule has 1 aromatic heterocycles. The van der Waals surface area contributed by atoms with E-state index in [1.807, 2.05) is 12.3 Å². The smallest absolute Gasteiger partial charge is 0.315 e. The van der Waals surface area contributed by atoms with E-state index in [1.54, 1.807) is 7.11 Å². The number of methoxy groups -OCH3 is 1. The van der Waals surface area contributed by atoms with Crippen LogP contribution in [0.15, 0.2) is 21.1 Å². The molecule has 1 aromatic rings. The highest BCUT2D eigenvalue weighted by Gasteiger charge is 2.53. The standard InChI is InChI=1S/C20H25ClN4O4S/c1-3-11-8-13(22-16(11)21)17(26)23-12-4-7-25(9-14(12)29-2)19-24-15(10-30-19)20(5-6-20)18(27)28/h10,12,14H,3-9H2,1-2H3,(H,23,26)(H,27,28)/t12-,14+/m1/s1. The second-order valence-electron chi connectivity index (χ2n) is 7.97. The molecule has 2 atom stereocenters. The van der Waals surface area contributed by atoms with Crippen molar-refractivity contribution in [3.05, 3.63) is 21.8 Å². The maximum absolute atomic E-state index is 12.7. The third-order valence-electron chi connectivity index (χ3n) is 6.19. The Kier molecular flexibility index (Phi) is 5.87. The highest BCUT2D eigenvalue weighted by Crippen LogP contribution is 2.49. The van der Waals surface area contributed by atoms with Crippen LogP contribution in [0.1, 0.15) is 44.7 Å². The van der Waals surface area contributed by atoms with Gasteiger partial charge in [0, 0.05) is 32.0 Å². The largest absolute Gasteiger partial charge is 0.481 e. The zero-order valence-corrected chi connectivity index (χ0v) is 18.6. The van der Waals surface area contributed by atoms with Gasteiger partial charge in [0.05, 0.1) is 17.8 Å². The average molecular weight is 453 g/mol. The minimum atomic E-state index is -0.800. The lowest BCUT2D eigenvalue weighted by atomic mass is 10.0. The molecule has 0 bridgehead atoms. The molecule has 2 aliphatic heterocycles. The Morgan fingerprint density at radius 1 is 1.47 bits per heavy atom. The zero-order chi connectivity index (χ0) is 21.5. The number of ether oxygens (including phenoxy) is 1. The molecular weight excluding hydrogens is 428 g/mol. The Hall–Kier alpha value is -1.97. The number of hydrogen-bond acceptors (Lipinski definition) is 7. The van der Waals surface area contributed by atoms with Crippen LogP contribution in [0.25, 0.3) is 0 Å². The number of rotatable bonds is 7. The predicted octanol–water partition coefficient (Wildman–Crippen LogP) is 2.67. The Morgan fingerprint density at radius 3 is 2.83 bits per heavy atom. The maximum Gasteiger partial charge on any atom is 0.315 e. The van der Waals surface area contributed by atoms with Crippen molar-refractivity contribution in [2.24, 2.45) is 4.99 Å². The first-order chi connectivity index (χ1) is 14.4. The lowest BCUT2D eigenvalue weighted by molar-refractivity contribution is -0.140. The number of nitrogens with one attached hydrogen (secondary N) is 1. The third-order valence-corrected chi connectivity index (χ3v) is 7.44. The summed E-state index contributed by atoms with van der Waals surface area (Å²) in [5.74, 6) is -1.00. The number of aliphatic carboxylic acids is 1. The van der Waals surface area contributed by atoms with E-state index in [0.717, 1.165) is 17.1 Å². The van der Waals surface area contributed by atoms with E-state index in [1.165, 1.54) is 11.3 Å².